The molecular weight excluding hydrogens is 221 g/mol. The van der Waals surface area contributed by atoms with Gasteiger partial charge in [0.1, 0.15) is 5.82 Å². The van der Waals surface area contributed by atoms with E-state index in [-0.39, 0.29) is 11.9 Å². The smallest absolute Gasteiger partial charge is 0.176 e. The number of nitrogens with two attached hydrogens (primary N) is 1. The van der Waals surface area contributed by atoms with Gasteiger partial charge >= 0.3 is 0 Å². The average Bonchev–Trinajstić information content (AvgIpc) is 2.63. The first-order chi connectivity index (χ1) is 8.13. The van der Waals surface area contributed by atoms with Gasteiger partial charge in [-0.25, -0.2) is 4.39 Å². The number of nitrogens with zero attached hydrogens (tertiary/aromatic N) is 4. The molecule has 0 radical (unpaired) electrons. The quantitative estimate of drug-likeness (QED) is 0.836. The molecule has 1 aromatic heterocycles. The monoisotopic (exact) mass is 235 g/mol. The Balaban J connectivity index is 1.95. The molecular formula is C11H14FN5. The van der Waals surface area contributed by atoms with Gasteiger partial charge in [0.2, 0.25) is 0 Å². The predicted molar refractivity (Wildman–Crippen MR) is 60.6 cm³/mol. The lowest BCUT2D eigenvalue weighted by Gasteiger charge is -2.08. The molecule has 0 spiro atoms. The molecule has 6 heteroatoms. The summed E-state index contributed by atoms with van der Waals surface area (Å²) < 4.78 is 13.0. The van der Waals surface area contributed by atoms with Crippen LogP contribution in [0.15, 0.2) is 24.3 Å². The Hall–Kier alpha value is -1.82. The number of tetrazole rings is 1. The van der Waals surface area contributed by atoms with Crippen molar-refractivity contribution in [1.29, 1.82) is 0 Å². The highest BCUT2D eigenvalue weighted by Gasteiger charge is 2.09. The van der Waals surface area contributed by atoms with Gasteiger partial charge < -0.3 is 5.73 Å². The SMILES string of the molecule is Cn1nnc(CC(N)Cc2cccc(F)c2)n1. The number of aromatic nitrogens is 4. The van der Waals surface area contributed by atoms with Crippen LogP contribution in [0.3, 0.4) is 0 Å². The summed E-state index contributed by atoms with van der Waals surface area (Å²) in [5.41, 5.74) is 6.83. The van der Waals surface area contributed by atoms with Crippen molar-refractivity contribution in [2.24, 2.45) is 12.8 Å². The minimum atomic E-state index is -0.243. The fourth-order valence-corrected chi connectivity index (χ4v) is 1.68. The van der Waals surface area contributed by atoms with Crippen LogP contribution in [0, 0.1) is 5.82 Å². The summed E-state index contributed by atoms with van der Waals surface area (Å²) in [7, 11) is 1.70. The van der Waals surface area contributed by atoms with E-state index in [1.54, 1.807) is 13.1 Å². The lowest BCUT2D eigenvalue weighted by Crippen LogP contribution is -2.26. The van der Waals surface area contributed by atoms with E-state index in [0.29, 0.717) is 18.7 Å². The van der Waals surface area contributed by atoms with Crippen molar-refractivity contribution < 1.29 is 4.39 Å². The van der Waals surface area contributed by atoms with E-state index in [1.165, 1.54) is 16.9 Å². The second-order valence-electron chi connectivity index (χ2n) is 3.99. The van der Waals surface area contributed by atoms with Crippen LogP contribution in [0.4, 0.5) is 4.39 Å². The fourth-order valence-electron chi connectivity index (χ4n) is 1.68. The Bertz CT molecular complexity index is 496. The predicted octanol–water partition coefficient (Wildman–Crippen LogP) is 0.462. The summed E-state index contributed by atoms with van der Waals surface area (Å²) in [5, 5.41) is 11.6. The molecule has 5 nitrogen and oxygen atoms in total. The van der Waals surface area contributed by atoms with Crippen molar-refractivity contribution in [3.8, 4) is 0 Å². The van der Waals surface area contributed by atoms with E-state index in [4.69, 9.17) is 5.73 Å². The van der Waals surface area contributed by atoms with Crippen LogP contribution in [0.25, 0.3) is 0 Å². The Morgan fingerprint density at radius 2 is 2.24 bits per heavy atom. The van der Waals surface area contributed by atoms with Crippen LogP contribution in [0.1, 0.15) is 11.4 Å². The third-order valence-electron chi connectivity index (χ3n) is 2.38. The van der Waals surface area contributed by atoms with Crippen LogP contribution in [-0.4, -0.2) is 26.2 Å². The van der Waals surface area contributed by atoms with Crippen LogP contribution in [0.2, 0.25) is 0 Å². The molecule has 0 aliphatic rings. The summed E-state index contributed by atoms with van der Waals surface area (Å²) in [5.74, 6) is 0.365. The van der Waals surface area contributed by atoms with Crippen molar-refractivity contribution >= 4 is 0 Å². The van der Waals surface area contributed by atoms with Gasteiger partial charge in [-0.2, -0.15) is 4.80 Å². The zero-order valence-electron chi connectivity index (χ0n) is 9.55. The van der Waals surface area contributed by atoms with E-state index in [1.807, 2.05) is 6.07 Å². The van der Waals surface area contributed by atoms with E-state index >= 15 is 0 Å². The molecule has 1 atom stereocenters. The molecule has 17 heavy (non-hydrogen) atoms. The third kappa shape index (κ3) is 3.32. The molecule has 2 N–H and O–H groups in total. The maximum Gasteiger partial charge on any atom is 0.176 e. The first kappa shape index (κ1) is 11.7. The number of hydrogen-bond donors (Lipinski definition) is 1. The highest BCUT2D eigenvalue weighted by molar-refractivity contribution is 5.17. The topological polar surface area (TPSA) is 69.6 Å². The van der Waals surface area contributed by atoms with Gasteiger partial charge in [-0.15, -0.1) is 10.2 Å². The second-order valence-corrected chi connectivity index (χ2v) is 3.99. The standard InChI is InChI=1S/C11H14FN5/c1-17-15-11(14-16-17)7-10(13)6-8-3-2-4-9(12)5-8/h2-5,10H,6-7,13H2,1H3. The van der Waals surface area contributed by atoms with Gasteiger partial charge in [-0.1, -0.05) is 12.1 Å². The maximum atomic E-state index is 13.0. The van der Waals surface area contributed by atoms with Gasteiger partial charge in [-0.3, -0.25) is 0 Å². The Morgan fingerprint density at radius 3 is 2.88 bits per heavy atom. The number of benzene rings is 1. The van der Waals surface area contributed by atoms with Crippen molar-refractivity contribution in [1.82, 2.24) is 20.2 Å². The van der Waals surface area contributed by atoms with Crippen LogP contribution < -0.4 is 5.73 Å². The molecule has 1 aromatic carbocycles. The Morgan fingerprint density at radius 1 is 1.41 bits per heavy atom. The maximum absolute atomic E-state index is 13.0. The number of hydrogen-bond acceptors (Lipinski definition) is 4. The van der Waals surface area contributed by atoms with E-state index in [0.717, 1.165) is 5.56 Å². The van der Waals surface area contributed by atoms with Crippen LogP contribution >= 0.6 is 0 Å². The van der Waals surface area contributed by atoms with Crippen molar-refractivity contribution in [2.45, 2.75) is 18.9 Å². The number of halogens is 1. The summed E-state index contributed by atoms with van der Waals surface area (Å²) in [4.78, 5) is 1.39. The molecule has 0 aliphatic carbocycles. The van der Waals surface area contributed by atoms with E-state index in [2.05, 4.69) is 15.4 Å². The molecule has 0 fully saturated rings. The summed E-state index contributed by atoms with van der Waals surface area (Å²) in [6, 6.07) is 6.30. The first-order valence-corrected chi connectivity index (χ1v) is 5.36. The number of rotatable bonds is 4. The number of aryl methyl sites for hydroxylation is 1. The molecule has 90 valence electrons. The van der Waals surface area contributed by atoms with Gasteiger partial charge in [0.05, 0.1) is 7.05 Å². The fraction of sp³-hybridized carbons (Fsp3) is 0.364. The van der Waals surface area contributed by atoms with Crippen molar-refractivity contribution in [3.05, 3.63) is 41.5 Å². The Kier molecular flexibility index (Phi) is 3.43. The van der Waals surface area contributed by atoms with Gasteiger partial charge in [0.15, 0.2) is 5.82 Å². The molecule has 1 heterocycles. The first-order valence-electron chi connectivity index (χ1n) is 5.36. The molecule has 0 amide bonds. The van der Waals surface area contributed by atoms with E-state index < -0.39 is 0 Å². The van der Waals surface area contributed by atoms with Crippen LogP contribution in [0.5, 0.6) is 0 Å². The van der Waals surface area contributed by atoms with Crippen LogP contribution in [-0.2, 0) is 19.9 Å². The lowest BCUT2D eigenvalue weighted by molar-refractivity contribution is 0.607. The molecule has 0 saturated heterocycles. The Labute approximate surface area is 98.4 Å². The normalized spacial score (nSPS) is 12.6. The molecule has 1 unspecified atom stereocenters. The highest BCUT2D eigenvalue weighted by atomic mass is 19.1. The molecule has 0 aliphatic heterocycles. The molecule has 0 saturated carbocycles. The average molecular weight is 235 g/mol. The largest absolute Gasteiger partial charge is 0.327 e. The summed E-state index contributed by atoms with van der Waals surface area (Å²) in [6.45, 7) is 0. The highest BCUT2D eigenvalue weighted by Crippen LogP contribution is 2.07. The van der Waals surface area contributed by atoms with Gasteiger partial charge in [-0.05, 0) is 29.3 Å². The molecule has 2 aromatic rings. The zero-order valence-corrected chi connectivity index (χ0v) is 9.55. The lowest BCUT2D eigenvalue weighted by atomic mass is 10.0. The zero-order chi connectivity index (χ0) is 12.3. The minimum absolute atomic E-state index is 0.138. The van der Waals surface area contributed by atoms with E-state index in [9.17, 15) is 4.39 Å². The van der Waals surface area contributed by atoms with Gasteiger partial charge in [0.25, 0.3) is 0 Å². The van der Waals surface area contributed by atoms with Crippen molar-refractivity contribution in [3.63, 3.8) is 0 Å². The second kappa shape index (κ2) is 5.01. The van der Waals surface area contributed by atoms with Gasteiger partial charge in [0, 0.05) is 12.5 Å². The molecule has 2 rings (SSSR count). The minimum Gasteiger partial charge on any atom is -0.327 e. The molecule has 0 bridgehead atoms. The summed E-state index contributed by atoms with van der Waals surface area (Å²) in [6.07, 6.45) is 1.13. The third-order valence-corrected chi connectivity index (χ3v) is 2.38. The van der Waals surface area contributed by atoms with Crippen molar-refractivity contribution in [2.75, 3.05) is 0 Å². The summed E-state index contributed by atoms with van der Waals surface area (Å²) >= 11 is 0.